The van der Waals surface area contributed by atoms with Crippen LogP contribution in [0.15, 0.2) is 36.4 Å². The third kappa shape index (κ3) is 6.24. The van der Waals surface area contributed by atoms with E-state index in [2.05, 4.69) is 0 Å². The van der Waals surface area contributed by atoms with E-state index in [0.29, 0.717) is 26.3 Å². The van der Waals surface area contributed by atoms with Crippen molar-refractivity contribution < 1.29 is 37.3 Å². The Hall–Kier alpha value is -2.85. The Balaban J connectivity index is 1.99. The molecule has 1 aliphatic heterocycles. The smallest absolute Gasteiger partial charge is 0.408 e. The number of carboxylic acid groups (broad SMARTS) is 1. The third-order valence-corrected chi connectivity index (χ3v) is 6.14. The second-order valence-corrected chi connectivity index (χ2v) is 9.13. The first-order valence-corrected chi connectivity index (χ1v) is 11.4. The molecule has 2 aromatic rings. The first-order valence-electron chi connectivity index (χ1n) is 11.4. The largest absolute Gasteiger partial charge is 0.507 e. The highest BCUT2D eigenvalue weighted by atomic mass is 19.4. The molecule has 2 aromatic carbocycles. The Bertz CT molecular complexity index is 1040. The van der Waals surface area contributed by atoms with E-state index >= 15 is 4.39 Å². The molecule has 2 atom stereocenters. The number of anilines is 1. The minimum Gasteiger partial charge on any atom is -0.507 e. The number of carboxylic acids is 1. The fourth-order valence-corrected chi connectivity index (χ4v) is 4.40. The van der Waals surface area contributed by atoms with Crippen LogP contribution in [0, 0.1) is 11.7 Å². The summed E-state index contributed by atoms with van der Waals surface area (Å²) in [5.74, 6) is -2.69. The van der Waals surface area contributed by atoms with Crippen molar-refractivity contribution >= 4 is 11.7 Å². The van der Waals surface area contributed by atoms with Crippen LogP contribution in [0.3, 0.4) is 0 Å². The van der Waals surface area contributed by atoms with E-state index in [1.54, 1.807) is 26.0 Å². The number of benzene rings is 2. The molecule has 10 heteroatoms. The average Bonchev–Trinajstić information content (AvgIpc) is 2.77. The van der Waals surface area contributed by atoms with Gasteiger partial charge in [-0.1, -0.05) is 26.0 Å². The number of rotatable bonds is 8. The molecule has 0 aliphatic carbocycles. The Morgan fingerprint density at radius 1 is 1.11 bits per heavy atom. The summed E-state index contributed by atoms with van der Waals surface area (Å²) in [6, 6.07) is 4.05. The number of nitrogens with zero attached hydrogens (tertiary/aromatic N) is 2. The first-order chi connectivity index (χ1) is 16.4. The van der Waals surface area contributed by atoms with Crippen molar-refractivity contribution in [1.82, 2.24) is 4.90 Å². The number of aliphatic carboxylic acids is 1. The summed E-state index contributed by atoms with van der Waals surface area (Å²) in [6.45, 7) is 5.73. The fourth-order valence-electron chi connectivity index (χ4n) is 4.40. The van der Waals surface area contributed by atoms with Crippen LogP contribution in [0.4, 0.5) is 23.2 Å². The van der Waals surface area contributed by atoms with Gasteiger partial charge < -0.3 is 19.8 Å². The van der Waals surface area contributed by atoms with E-state index < -0.39 is 35.6 Å². The maximum Gasteiger partial charge on any atom is 0.408 e. The van der Waals surface area contributed by atoms with Crippen molar-refractivity contribution in [3.8, 4) is 16.9 Å². The maximum absolute atomic E-state index is 15.2. The number of hydrogen-bond acceptors (Lipinski definition) is 5. The minimum atomic E-state index is -4.84. The molecule has 1 fully saturated rings. The molecule has 0 aromatic heterocycles. The number of phenols is 1. The quantitative estimate of drug-likeness (QED) is 0.495. The normalized spacial score (nSPS) is 16.5. The summed E-state index contributed by atoms with van der Waals surface area (Å²) in [5.41, 5.74) is 0.413. The summed E-state index contributed by atoms with van der Waals surface area (Å²) in [5, 5.41) is 19.9. The van der Waals surface area contributed by atoms with Gasteiger partial charge in [0.2, 0.25) is 0 Å². The lowest BCUT2D eigenvalue weighted by molar-refractivity contribution is -0.192. The summed E-state index contributed by atoms with van der Waals surface area (Å²) < 4.78 is 62.8. The molecule has 192 valence electrons. The molecule has 3 rings (SSSR count). The van der Waals surface area contributed by atoms with Crippen LogP contribution in [-0.2, 0) is 9.53 Å². The predicted octanol–water partition coefficient (Wildman–Crippen LogP) is 5.07. The lowest BCUT2D eigenvalue weighted by Crippen LogP contribution is -2.46. The molecular formula is C25H30F4N2O4. The highest BCUT2D eigenvalue weighted by Gasteiger charge is 2.47. The monoisotopic (exact) mass is 498 g/mol. The van der Waals surface area contributed by atoms with Crippen molar-refractivity contribution in [1.29, 1.82) is 0 Å². The number of alkyl halides is 3. The van der Waals surface area contributed by atoms with Gasteiger partial charge in [0.1, 0.15) is 23.7 Å². The van der Waals surface area contributed by atoms with Gasteiger partial charge in [-0.2, -0.15) is 13.2 Å². The summed E-state index contributed by atoms with van der Waals surface area (Å²) >= 11 is 0. The molecule has 2 N–H and O–H groups in total. The number of aromatic hydroxyl groups is 1. The standard InChI is InChI=1S/C25H30F4N2O4/c1-15(2)12-21(24(33)34)30(3)23(25(27,28)29)16-4-6-18(20(26)13-16)19-14-17(5-7-22(19)32)31-8-10-35-11-9-31/h4-7,13-15,21,23,32H,8-12H2,1-3H3,(H,33,34)/t21-,23?/m0/s1. The van der Waals surface area contributed by atoms with Crippen LogP contribution >= 0.6 is 0 Å². The van der Waals surface area contributed by atoms with Gasteiger partial charge in [0, 0.05) is 29.9 Å². The number of phenolic OH excluding ortho intramolecular Hbond substituents is 1. The molecule has 1 unspecified atom stereocenters. The number of carbonyl (C=O) groups is 1. The summed E-state index contributed by atoms with van der Waals surface area (Å²) in [6.07, 6.45) is -4.84. The lowest BCUT2D eigenvalue weighted by Gasteiger charge is -2.35. The molecule has 1 heterocycles. The number of likely N-dealkylation sites (N-methyl/N-ethyl adjacent to an activating group) is 1. The topological polar surface area (TPSA) is 73.2 Å². The van der Waals surface area contributed by atoms with Gasteiger partial charge in [-0.25, -0.2) is 4.39 Å². The van der Waals surface area contributed by atoms with Crippen molar-refractivity contribution in [2.45, 2.75) is 38.5 Å². The second kappa shape index (κ2) is 10.8. The average molecular weight is 499 g/mol. The molecular weight excluding hydrogens is 468 g/mol. The third-order valence-electron chi connectivity index (χ3n) is 6.14. The van der Waals surface area contributed by atoms with Gasteiger partial charge in [0.05, 0.1) is 13.2 Å². The fraction of sp³-hybridized carbons (Fsp3) is 0.480. The van der Waals surface area contributed by atoms with Crippen molar-refractivity contribution in [2.75, 3.05) is 38.3 Å². The van der Waals surface area contributed by atoms with E-state index in [1.165, 1.54) is 12.1 Å². The van der Waals surface area contributed by atoms with Crippen LogP contribution in [-0.4, -0.2) is 66.7 Å². The second-order valence-electron chi connectivity index (χ2n) is 9.13. The summed E-state index contributed by atoms with van der Waals surface area (Å²) in [7, 11) is 1.09. The van der Waals surface area contributed by atoms with Gasteiger partial charge in [0.15, 0.2) is 0 Å². The van der Waals surface area contributed by atoms with Gasteiger partial charge in [-0.05, 0) is 49.2 Å². The Morgan fingerprint density at radius 3 is 2.31 bits per heavy atom. The van der Waals surface area contributed by atoms with E-state index in [4.69, 9.17) is 4.74 Å². The van der Waals surface area contributed by atoms with Gasteiger partial charge in [0.25, 0.3) is 0 Å². The minimum absolute atomic E-state index is 0.00117. The van der Waals surface area contributed by atoms with E-state index in [1.807, 2.05) is 4.90 Å². The first kappa shape index (κ1) is 26.7. The molecule has 6 nitrogen and oxygen atoms in total. The SMILES string of the molecule is CC(C)C[C@@H](C(=O)O)N(C)C(c1ccc(-c2cc(N3CCOCC3)ccc2O)c(F)c1)C(F)(F)F. The molecule has 0 saturated carbocycles. The molecule has 0 spiro atoms. The Kier molecular flexibility index (Phi) is 8.27. The van der Waals surface area contributed by atoms with Crippen LogP contribution < -0.4 is 4.90 Å². The van der Waals surface area contributed by atoms with E-state index in [0.717, 1.165) is 29.8 Å². The zero-order valence-corrected chi connectivity index (χ0v) is 19.8. The lowest BCUT2D eigenvalue weighted by atomic mass is 9.95. The van der Waals surface area contributed by atoms with E-state index in [9.17, 15) is 28.2 Å². The predicted molar refractivity (Wildman–Crippen MR) is 124 cm³/mol. The molecule has 1 aliphatic rings. The van der Waals surface area contributed by atoms with Crippen LogP contribution in [0.25, 0.3) is 11.1 Å². The molecule has 0 amide bonds. The maximum atomic E-state index is 15.2. The molecule has 35 heavy (non-hydrogen) atoms. The number of halogens is 4. The van der Waals surface area contributed by atoms with Crippen molar-refractivity contribution in [2.24, 2.45) is 5.92 Å². The van der Waals surface area contributed by atoms with E-state index in [-0.39, 0.29) is 29.2 Å². The number of hydrogen-bond donors (Lipinski definition) is 2. The zero-order chi connectivity index (χ0) is 25.9. The molecule has 0 bridgehead atoms. The molecule has 1 saturated heterocycles. The van der Waals surface area contributed by atoms with Crippen LogP contribution in [0.5, 0.6) is 5.75 Å². The zero-order valence-electron chi connectivity index (χ0n) is 19.8. The van der Waals surface area contributed by atoms with Crippen LogP contribution in [0.2, 0.25) is 0 Å². The number of morpholine rings is 1. The van der Waals surface area contributed by atoms with Gasteiger partial charge >= 0.3 is 12.1 Å². The van der Waals surface area contributed by atoms with Gasteiger partial charge in [-0.15, -0.1) is 0 Å². The molecule has 0 radical (unpaired) electrons. The van der Waals surface area contributed by atoms with Gasteiger partial charge in [-0.3, -0.25) is 9.69 Å². The number of ether oxygens (including phenoxy) is 1. The highest BCUT2D eigenvalue weighted by Crippen LogP contribution is 2.41. The van der Waals surface area contributed by atoms with Crippen molar-refractivity contribution in [3.05, 3.63) is 47.8 Å². The highest BCUT2D eigenvalue weighted by molar-refractivity contribution is 5.75. The Labute approximate surface area is 201 Å². The van der Waals surface area contributed by atoms with Crippen LogP contribution in [0.1, 0.15) is 31.9 Å². The van der Waals surface area contributed by atoms with Crippen molar-refractivity contribution in [3.63, 3.8) is 0 Å². The Morgan fingerprint density at radius 2 is 1.77 bits per heavy atom. The summed E-state index contributed by atoms with van der Waals surface area (Å²) in [4.78, 5) is 14.5.